The van der Waals surface area contributed by atoms with E-state index in [9.17, 15) is 17.6 Å². The molecule has 0 unspecified atom stereocenters. The molecule has 0 amide bonds. The van der Waals surface area contributed by atoms with Crippen molar-refractivity contribution >= 4 is 37.5 Å². The van der Waals surface area contributed by atoms with Gasteiger partial charge in [0.25, 0.3) is 10.0 Å². The van der Waals surface area contributed by atoms with Crippen LogP contribution in [0.25, 0.3) is 10.2 Å². The Labute approximate surface area is 159 Å². The summed E-state index contributed by atoms with van der Waals surface area (Å²) in [7, 11) is -2.81. The molecule has 0 N–H and O–H groups in total. The van der Waals surface area contributed by atoms with E-state index in [1.807, 2.05) is 26.0 Å². The van der Waals surface area contributed by atoms with Crippen molar-refractivity contribution in [2.75, 3.05) is 7.11 Å². The molecule has 0 bridgehead atoms. The largest absolute Gasteiger partial charge is 0.468 e. The first-order chi connectivity index (χ1) is 12.7. The van der Waals surface area contributed by atoms with Crippen LogP contribution < -0.4 is 4.80 Å². The lowest BCUT2D eigenvalue weighted by molar-refractivity contribution is -0.141. The van der Waals surface area contributed by atoms with Gasteiger partial charge >= 0.3 is 5.97 Å². The Morgan fingerprint density at radius 1 is 1.22 bits per heavy atom. The van der Waals surface area contributed by atoms with Gasteiger partial charge in [0.05, 0.1) is 22.2 Å². The zero-order valence-electron chi connectivity index (χ0n) is 14.9. The lowest BCUT2D eigenvalue weighted by Gasteiger charge is -2.05. The van der Waals surface area contributed by atoms with Gasteiger partial charge in [-0.15, -0.1) is 4.40 Å². The van der Waals surface area contributed by atoms with E-state index < -0.39 is 21.8 Å². The van der Waals surface area contributed by atoms with Crippen molar-refractivity contribution in [1.82, 2.24) is 4.57 Å². The van der Waals surface area contributed by atoms with E-state index in [1.165, 1.54) is 23.0 Å². The molecule has 6 nitrogen and oxygen atoms in total. The first kappa shape index (κ1) is 19.2. The highest BCUT2D eigenvalue weighted by molar-refractivity contribution is 7.90. The Bertz CT molecular complexity index is 1190. The van der Waals surface area contributed by atoms with Crippen LogP contribution in [0.1, 0.15) is 11.1 Å². The van der Waals surface area contributed by atoms with E-state index in [1.54, 1.807) is 0 Å². The van der Waals surface area contributed by atoms with Gasteiger partial charge in [-0.25, -0.2) is 4.39 Å². The summed E-state index contributed by atoms with van der Waals surface area (Å²) in [6.07, 6.45) is 0. The van der Waals surface area contributed by atoms with Crippen molar-refractivity contribution in [3.63, 3.8) is 0 Å². The van der Waals surface area contributed by atoms with Crippen molar-refractivity contribution in [2.24, 2.45) is 4.40 Å². The molecule has 2 aromatic carbocycles. The average molecular weight is 408 g/mol. The van der Waals surface area contributed by atoms with Crippen LogP contribution in [-0.4, -0.2) is 26.1 Å². The van der Waals surface area contributed by atoms with E-state index >= 15 is 0 Å². The quantitative estimate of drug-likeness (QED) is 0.622. The number of hydrogen-bond donors (Lipinski definition) is 0. The van der Waals surface area contributed by atoms with Crippen LogP contribution in [0.3, 0.4) is 0 Å². The number of benzene rings is 2. The summed E-state index contributed by atoms with van der Waals surface area (Å²) in [5.41, 5.74) is 2.63. The number of thiazole rings is 1. The highest BCUT2D eigenvalue weighted by atomic mass is 32.2. The van der Waals surface area contributed by atoms with Crippen LogP contribution in [0, 0.1) is 19.7 Å². The summed E-state index contributed by atoms with van der Waals surface area (Å²) in [6, 6.07) is 8.26. The Morgan fingerprint density at radius 2 is 1.89 bits per heavy atom. The number of carbonyl (C=O) groups excluding carboxylic acids is 1. The molecule has 3 rings (SSSR count). The molecule has 0 saturated carbocycles. The molecule has 0 aliphatic heterocycles. The summed E-state index contributed by atoms with van der Waals surface area (Å²) < 4.78 is 49.4. The van der Waals surface area contributed by atoms with Gasteiger partial charge in [0.15, 0.2) is 0 Å². The Hall–Kier alpha value is -2.52. The minimum atomic E-state index is -4.07. The van der Waals surface area contributed by atoms with Gasteiger partial charge < -0.3 is 9.30 Å². The van der Waals surface area contributed by atoms with Gasteiger partial charge in [-0.1, -0.05) is 17.4 Å². The number of nitrogens with zero attached hydrogens (tertiary/aromatic N) is 2. The van der Waals surface area contributed by atoms with E-state index in [0.29, 0.717) is 5.52 Å². The topological polar surface area (TPSA) is 77.7 Å². The Morgan fingerprint density at radius 3 is 2.52 bits per heavy atom. The van der Waals surface area contributed by atoms with Gasteiger partial charge in [-0.3, -0.25) is 4.79 Å². The standard InChI is InChI=1S/C18H17FN2O4S2/c1-11-8-12(2)17-15(9-11)21(10-16(22)25-3)18(26-17)20-27(23,24)14-6-4-13(19)5-7-14/h4-9H,10H2,1-3H3. The van der Waals surface area contributed by atoms with Crippen LogP contribution in [-0.2, 0) is 26.1 Å². The van der Waals surface area contributed by atoms with E-state index in [4.69, 9.17) is 4.74 Å². The monoisotopic (exact) mass is 408 g/mol. The lowest BCUT2D eigenvalue weighted by Crippen LogP contribution is -2.22. The van der Waals surface area contributed by atoms with Gasteiger partial charge in [-0.05, 0) is 55.3 Å². The molecule has 3 aromatic rings. The van der Waals surface area contributed by atoms with Gasteiger partial charge in [-0.2, -0.15) is 8.42 Å². The average Bonchev–Trinajstić information content (AvgIpc) is 2.92. The minimum absolute atomic E-state index is 0.126. The molecule has 0 spiro atoms. The van der Waals surface area contributed by atoms with Crippen LogP contribution in [0.2, 0.25) is 0 Å². The molecular weight excluding hydrogens is 391 g/mol. The molecule has 0 saturated heterocycles. The third-order valence-electron chi connectivity index (χ3n) is 3.94. The second kappa shape index (κ2) is 7.24. The van der Waals surface area contributed by atoms with E-state index in [2.05, 4.69) is 4.40 Å². The van der Waals surface area contributed by atoms with Gasteiger partial charge in [0, 0.05) is 0 Å². The normalized spacial score (nSPS) is 12.5. The second-order valence-electron chi connectivity index (χ2n) is 6.00. The van der Waals surface area contributed by atoms with Gasteiger partial charge in [0.1, 0.15) is 12.4 Å². The number of methoxy groups -OCH3 is 1. The number of hydrogen-bond acceptors (Lipinski definition) is 5. The van der Waals surface area contributed by atoms with Crippen LogP contribution in [0.5, 0.6) is 0 Å². The smallest absolute Gasteiger partial charge is 0.325 e. The third-order valence-corrected chi connectivity index (χ3v) is 6.57. The molecule has 0 fully saturated rings. The van der Waals surface area contributed by atoms with Gasteiger partial charge in [0.2, 0.25) is 4.80 Å². The first-order valence-electron chi connectivity index (χ1n) is 7.95. The summed E-state index contributed by atoms with van der Waals surface area (Å²) in [5, 5.41) is 0. The molecule has 0 aliphatic carbocycles. The maximum absolute atomic E-state index is 13.1. The molecular formula is C18H17FN2O4S2. The second-order valence-corrected chi connectivity index (χ2v) is 8.58. The number of esters is 1. The third kappa shape index (κ3) is 3.93. The molecule has 27 heavy (non-hydrogen) atoms. The van der Waals surface area contributed by atoms with E-state index in [0.717, 1.165) is 40.1 Å². The molecule has 0 radical (unpaired) electrons. The molecule has 1 aromatic heterocycles. The number of aromatic nitrogens is 1. The SMILES string of the molecule is COC(=O)Cn1c(=NS(=O)(=O)c2ccc(F)cc2)sc2c(C)cc(C)cc21. The van der Waals surface area contributed by atoms with Crippen molar-refractivity contribution in [3.05, 3.63) is 58.1 Å². The number of rotatable bonds is 4. The predicted octanol–water partition coefficient (Wildman–Crippen LogP) is 2.92. The predicted molar refractivity (Wildman–Crippen MR) is 100 cm³/mol. The molecule has 142 valence electrons. The fourth-order valence-corrected chi connectivity index (χ4v) is 4.97. The number of sulfonamides is 1. The number of ether oxygens (including phenoxy) is 1. The fraction of sp³-hybridized carbons (Fsp3) is 0.222. The summed E-state index contributed by atoms with van der Waals surface area (Å²) in [5.74, 6) is -1.06. The zero-order chi connectivity index (χ0) is 19.8. The summed E-state index contributed by atoms with van der Waals surface area (Å²) >= 11 is 1.17. The fourth-order valence-electron chi connectivity index (χ4n) is 2.69. The minimum Gasteiger partial charge on any atom is -0.468 e. The summed E-state index contributed by atoms with van der Waals surface area (Å²) in [6.45, 7) is 3.66. The lowest BCUT2D eigenvalue weighted by atomic mass is 10.1. The molecule has 0 atom stereocenters. The molecule has 0 aliphatic rings. The Balaban J connectivity index is 2.27. The Kier molecular flexibility index (Phi) is 5.16. The van der Waals surface area contributed by atoms with E-state index in [-0.39, 0.29) is 16.2 Å². The highest BCUT2D eigenvalue weighted by Crippen LogP contribution is 2.24. The van der Waals surface area contributed by atoms with Crippen molar-refractivity contribution in [3.8, 4) is 0 Å². The first-order valence-corrected chi connectivity index (χ1v) is 10.2. The van der Waals surface area contributed by atoms with Crippen molar-refractivity contribution in [2.45, 2.75) is 25.3 Å². The number of aryl methyl sites for hydroxylation is 2. The highest BCUT2D eigenvalue weighted by Gasteiger charge is 2.17. The molecule has 9 heteroatoms. The van der Waals surface area contributed by atoms with Crippen LogP contribution in [0.15, 0.2) is 45.7 Å². The summed E-state index contributed by atoms with van der Waals surface area (Å²) in [4.78, 5) is 11.9. The number of halogens is 1. The molecule has 1 heterocycles. The van der Waals surface area contributed by atoms with Crippen LogP contribution >= 0.6 is 11.3 Å². The van der Waals surface area contributed by atoms with Crippen molar-refractivity contribution in [1.29, 1.82) is 0 Å². The van der Waals surface area contributed by atoms with Crippen molar-refractivity contribution < 1.29 is 22.3 Å². The zero-order valence-corrected chi connectivity index (χ0v) is 16.5. The van der Waals surface area contributed by atoms with Crippen LogP contribution in [0.4, 0.5) is 4.39 Å². The maximum Gasteiger partial charge on any atom is 0.325 e. The number of carbonyl (C=O) groups is 1. The maximum atomic E-state index is 13.1. The number of fused-ring (bicyclic) bond motifs is 1.